The van der Waals surface area contributed by atoms with Gasteiger partial charge in [-0.1, -0.05) is 98.3 Å². The van der Waals surface area contributed by atoms with Gasteiger partial charge in [0.25, 0.3) is 0 Å². The van der Waals surface area contributed by atoms with Crippen LogP contribution in [-0.4, -0.2) is 26.7 Å². The van der Waals surface area contributed by atoms with E-state index in [-0.39, 0.29) is 17.0 Å². The Morgan fingerprint density at radius 1 is 0.744 bits per heavy atom. The number of aromatic carboxylic acids is 2. The van der Waals surface area contributed by atoms with Gasteiger partial charge in [0.1, 0.15) is 13.1 Å². The number of aromatic nitrogens is 2. The topological polar surface area (TPSA) is 83.4 Å². The number of hydrogen-bond acceptors (Lipinski definition) is 2. The first-order chi connectivity index (χ1) is 20.4. The van der Waals surface area contributed by atoms with Gasteiger partial charge in [-0.3, -0.25) is 0 Å². The van der Waals surface area contributed by atoms with Crippen LogP contribution in [0, 0.1) is 0 Å². The smallest absolute Gasteiger partial charge is 0.336 e. The molecule has 5 aromatic rings. The Hall–Kier alpha value is -4.01. The first kappa shape index (κ1) is 31.9. The maximum atomic E-state index is 11.7. The van der Waals surface area contributed by atoms with E-state index in [1.165, 1.54) is 5.69 Å². The molecule has 0 saturated carbocycles. The minimum Gasteiger partial charge on any atom is -1.00 e. The van der Waals surface area contributed by atoms with Gasteiger partial charge in [-0.15, -0.1) is 0 Å². The van der Waals surface area contributed by atoms with Crippen molar-refractivity contribution < 1.29 is 41.4 Å². The Bertz CT molecular complexity index is 1730. The number of halogens is 2. The van der Waals surface area contributed by atoms with Crippen molar-refractivity contribution in [2.45, 2.75) is 39.3 Å². The van der Waals surface area contributed by atoms with Crippen LogP contribution in [0.2, 0.25) is 0 Å². The van der Waals surface area contributed by atoms with Crippen molar-refractivity contribution in [2.75, 3.05) is 0 Å². The second-order valence-electron chi connectivity index (χ2n) is 10.3. The fourth-order valence-electron chi connectivity index (χ4n) is 5.23. The molecule has 43 heavy (non-hydrogen) atoms. The van der Waals surface area contributed by atoms with E-state index in [1.54, 1.807) is 24.3 Å². The summed E-state index contributed by atoms with van der Waals surface area (Å²) < 4.78 is 5.52. The quantitative estimate of drug-likeness (QED) is 0.195. The zero-order valence-electron chi connectivity index (χ0n) is 23.7. The standard InChI is InChI=1S/C35H31BrN2O4.BrH/c1-2-3-12-32-33(36)38(22-25-15-19-27(20-16-25)29-9-5-7-11-31(29)35(41)42)23-37(32)21-24-13-17-26(18-14-24)28-8-4-6-10-30(28)34(39)40;/h4-11,13-20,23H,2-3,12,21-22H2,1H3,(H-,39,40,41,42);1H. The molecule has 8 heteroatoms. The van der Waals surface area contributed by atoms with Gasteiger partial charge in [0.05, 0.1) is 11.1 Å². The fourth-order valence-corrected chi connectivity index (χ4v) is 5.87. The highest BCUT2D eigenvalue weighted by Crippen LogP contribution is 2.26. The van der Waals surface area contributed by atoms with Gasteiger partial charge in [0.15, 0.2) is 5.69 Å². The molecular weight excluding hydrogens is 672 g/mol. The molecule has 0 aliphatic rings. The van der Waals surface area contributed by atoms with Crippen molar-refractivity contribution in [1.29, 1.82) is 0 Å². The Kier molecular flexibility index (Phi) is 10.7. The van der Waals surface area contributed by atoms with Gasteiger partial charge >= 0.3 is 11.9 Å². The van der Waals surface area contributed by atoms with Crippen LogP contribution in [0.5, 0.6) is 0 Å². The van der Waals surface area contributed by atoms with Crippen molar-refractivity contribution in [3.8, 4) is 22.3 Å². The van der Waals surface area contributed by atoms with E-state index in [0.717, 1.165) is 46.1 Å². The number of carboxylic acids is 2. The molecule has 4 aromatic carbocycles. The van der Waals surface area contributed by atoms with Gasteiger partial charge in [-0.2, -0.15) is 0 Å². The van der Waals surface area contributed by atoms with E-state index in [2.05, 4.69) is 50.4 Å². The second-order valence-corrected chi connectivity index (χ2v) is 11.1. The maximum Gasteiger partial charge on any atom is 0.336 e. The number of carbonyl (C=O) groups is 2. The lowest BCUT2D eigenvalue weighted by molar-refractivity contribution is -0.698. The van der Waals surface area contributed by atoms with Crippen LogP contribution in [-0.2, 0) is 19.5 Å². The van der Waals surface area contributed by atoms with Crippen molar-refractivity contribution >= 4 is 27.9 Å². The molecule has 0 atom stereocenters. The summed E-state index contributed by atoms with van der Waals surface area (Å²) in [4.78, 5) is 23.3. The summed E-state index contributed by atoms with van der Waals surface area (Å²) >= 11 is 3.86. The van der Waals surface area contributed by atoms with Gasteiger partial charge in [0, 0.05) is 22.4 Å². The summed E-state index contributed by atoms with van der Waals surface area (Å²) in [6.07, 6.45) is 5.25. The molecule has 0 radical (unpaired) electrons. The molecule has 0 aliphatic carbocycles. The van der Waals surface area contributed by atoms with E-state index >= 15 is 0 Å². The molecule has 1 heterocycles. The predicted octanol–water partition coefficient (Wildman–Crippen LogP) is 4.71. The van der Waals surface area contributed by atoms with Crippen molar-refractivity contribution in [3.63, 3.8) is 0 Å². The van der Waals surface area contributed by atoms with Crippen LogP contribution >= 0.6 is 15.9 Å². The number of nitrogens with zero attached hydrogens (tertiary/aromatic N) is 2. The summed E-state index contributed by atoms with van der Waals surface area (Å²) in [7, 11) is 0. The molecular formula is C35H32Br2N2O4. The molecule has 0 unspecified atom stereocenters. The van der Waals surface area contributed by atoms with E-state index in [9.17, 15) is 19.8 Å². The van der Waals surface area contributed by atoms with Gasteiger partial charge < -0.3 is 27.2 Å². The normalized spacial score (nSPS) is 10.7. The van der Waals surface area contributed by atoms with E-state index in [1.807, 2.05) is 60.7 Å². The Labute approximate surface area is 270 Å². The van der Waals surface area contributed by atoms with Crippen LogP contribution in [0.25, 0.3) is 22.3 Å². The molecule has 6 nitrogen and oxygen atoms in total. The third-order valence-electron chi connectivity index (χ3n) is 7.43. The van der Waals surface area contributed by atoms with Crippen LogP contribution in [0.4, 0.5) is 0 Å². The zero-order chi connectivity index (χ0) is 29.6. The summed E-state index contributed by atoms with van der Waals surface area (Å²) in [5.41, 5.74) is 7.20. The molecule has 5 rings (SSSR count). The van der Waals surface area contributed by atoms with Crippen molar-refractivity contribution in [3.05, 3.63) is 136 Å². The number of carboxylic acid groups (broad SMARTS) is 2. The maximum absolute atomic E-state index is 11.7. The fraction of sp³-hybridized carbons (Fsp3) is 0.171. The van der Waals surface area contributed by atoms with Crippen molar-refractivity contribution in [1.82, 2.24) is 4.57 Å². The second kappa shape index (κ2) is 14.4. The average molecular weight is 704 g/mol. The molecule has 2 N–H and O–H groups in total. The van der Waals surface area contributed by atoms with Crippen LogP contribution in [0.15, 0.2) is 108 Å². The number of rotatable bonds is 11. The average Bonchev–Trinajstić information content (AvgIpc) is 3.29. The summed E-state index contributed by atoms with van der Waals surface area (Å²) in [5, 5.41) is 19.1. The first-order valence-electron chi connectivity index (χ1n) is 14.0. The lowest BCUT2D eigenvalue weighted by Gasteiger charge is -2.07. The van der Waals surface area contributed by atoms with E-state index in [4.69, 9.17) is 0 Å². The van der Waals surface area contributed by atoms with Crippen LogP contribution in [0.1, 0.15) is 57.3 Å². The van der Waals surface area contributed by atoms with Crippen LogP contribution in [0.3, 0.4) is 0 Å². The number of benzene rings is 4. The molecule has 0 spiro atoms. The number of hydrogen-bond donors (Lipinski definition) is 2. The zero-order valence-corrected chi connectivity index (χ0v) is 26.9. The Morgan fingerprint density at radius 2 is 1.23 bits per heavy atom. The minimum absolute atomic E-state index is 0. The lowest BCUT2D eigenvalue weighted by Crippen LogP contribution is -3.00. The largest absolute Gasteiger partial charge is 1.00 e. The van der Waals surface area contributed by atoms with Crippen molar-refractivity contribution in [2.24, 2.45) is 0 Å². The molecule has 0 aliphatic heterocycles. The van der Waals surface area contributed by atoms with Gasteiger partial charge in [-0.05, 0) is 51.9 Å². The molecule has 0 fully saturated rings. The molecule has 1 aromatic heterocycles. The summed E-state index contributed by atoms with van der Waals surface area (Å²) in [5.74, 6) is -1.87. The van der Waals surface area contributed by atoms with E-state index in [0.29, 0.717) is 35.3 Å². The SMILES string of the molecule is CCCCc1c(Br)[n+](Cc2ccc(-c3ccccc3C(=O)O)cc2)cn1Cc1ccc(-c2ccccc2C(=O)O)cc1.[Br-]. The molecule has 0 amide bonds. The lowest BCUT2D eigenvalue weighted by atomic mass is 9.99. The minimum atomic E-state index is -0.935. The highest BCUT2D eigenvalue weighted by atomic mass is 79.9. The monoisotopic (exact) mass is 702 g/mol. The van der Waals surface area contributed by atoms with E-state index < -0.39 is 11.9 Å². The summed E-state index contributed by atoms with van der Waals surface area (Å²) in [6, 6.07) is 30.3. The molecule has 220 valence electrons. The Balaban J connectivity index is 0.00000423. The van der Waals surface area contributed by atoms with Crippen LogP contribution < -0.4 is 21.5 Å². The third-order valence-corrected chi connectivity index (χ3v) is 8.35. The predicted molar refractivity (Wildman–Crippen MR) is 167 cm³/mol. The van der Waals surface area contributed by atoms with Gasteiger partial charge in [-0.25, -0.2) is 18.7 Å². The summed E-state index contributed by atoms with van der Waals surface area (Å²) in [6.45, 7) is 3.54. The highest BCUT2D eigenvalue weighted by Gasteiger charge is 2.22. The molecule has 0 saturated heterocycles. The third kappa shape index (κ3) is 7.32. The Morgan fingerprint density at radius 3 is 1.72 bits per heavy atom. The highest BCUT2D eigenvalue weighted by molar-refractivity contribution is 9.10. The first-order valence-corrected chi connectivity index (χ1v) is 14.7. The number of unbranched alkanes of at least 4 members (excludes halogenated alkanes) is 1. The number of imidazole rings is 1. The molecule has 0 bridgehead atoms. The van der Waals surface area contributed by atoms with Gasteiger partial charge in [0.2, 0.25) is 10.9 Å².